The van der Waals surface area contributed by atoms with Gasteiger partial charge in [-0.1, -0.05) is 29.5 Å². The standard InChI is InChI=1S/C26H26FN5O2S/c1-17-4-13-23(18(2)14-17)29-25(33)16-35-26-31-30-24(15-28-20-7-5-19(27)6-8-20)32(26)21-9-11-22(34-3)12-10-21/h4-14,28H,15-16H2,1-3H3,(H,29,33). The number of nitrogens with one attached hydrogen (secondary N) is 2. The smallest absolute Gasteiger partial charge is 0.234 e. The number of methoxy groups -OCH3 is 1. The van der Waals surface area contributed by atoms with Crippen LogP contribution in [-0.2, 0) is 11.3 Å². The van der Waals surface area contributed by atoms with Crippen molar-refractivity contribution in [2.45, 2.75) is 25.5 Å². The van der Waals surface area contributed by atoms with Crippen molar-refractivity contribution in [3.8, 4) is 11.4 Å². The topological polar surface area (TPSA) is 81.1 Å². The Morgan fingerprint density at radius 3 is 2.46 bits per heavy atom. The molecule has 0 saturated heterocycles. The summed E-state index contributed by atoms with van der Waals surface area (Å²) in [5, 5.41) is 15.5. The maximum atomic E-state index is 13.2. The average molecular weight is 492 g/mol. The third kappa shape index (κ3) is 6.19. The summed E-state index contributed by atoms with van der Waals surface area (Å²) in [7, 11) is 1.61. The van der Waals surface area contributed by atoms with Crippen molar-refractivity contribution in [2.75, 3.05) is 23.5 Å². The highest BCUT2D eigenvalue weighted by atomic mass is 32.2. The summed E-state index contributed by atoms with van der Waals surface area (Å²) in [4.78, 5) is 12.7. The van der Waals surface area contributed by atoms with E-state index in [0.29, 0.717) is 17.5 Å². The van der Waals surface area contributed by atoms with Crippen LogP contribution < -0.4 is 15.4 Å². The van der Waals surface area contributed by atoms with Gasteiger partial charge in [-0.05, 0) is 74.0 Å². The van der Waals surface area contributed by atoms with E-state index in [1.54, 1.807) is 19.2 Å². The molecule has 0 saturated carbocycles. The summed E-state index contributed by atoms with van der Waals surface area (Å²) in [5.74, 6) is 1.13. The van der Waals surface area contributed by atoms with Gasteiger partial charge >= 0.3 is 0 Å². The summed E-state index contributed by atoms with van der Waals surface area (Å²) in [6, 6.07) is 19.5. The van der Waals surface area contributed by atoms with Gasteiger partial charge in [0.15, 0.2) is 11.0 Å². The molecular weight excluding hydrogens is 465 g/mol. The Balaban J connectivity index is 1.52. The molecule has 4 aromatic rings. The van der Waals surface area contributed by atoms with Crippen LogP contribution in [0.4, 0.5) is 15.8 Å². The Kier molecular flexibility index (Phi) is 7.67. The van der Waals surface area contributed by atoms with Crippen molar-refractivity contribution in [3.05, 3.63) is 89.5 Å². The van der Waals surface area contributed by atoms with Crippen LogP contribution in [0.25, 0.3) is 5.69 Å². The van der Waals surface area contributed by atoms with Crippen LogP contribution in [0, 0.1) is 19.7 Å². The third-order valence-corrected chi connectivity index (χ3v) is 6.24. The number of hydrogen-bond acceptors (Lipinski definition) is 6. The molecule has 3 aromatic carbocycles. The summed E-state index contributed by atoms with van der Waals surface area (Å²) in [6.07, 6.45) is 0. The van der Waals surface area contributed by atoms with E-state index in [9.17, 15) is 9.18 Å². The van der Waals surface area contributed by atoms with Gasteiger partial charge in [0.2, 0.25) is 5.91 Å². The fourth-order valence-electron chi connectivity index (χ4n) is 3.52. The first kappa shape index (κ1) is 24.3. The van der Waals surface area contributed by atoms with Crippen LogP contribution in [0.3, 0.4) is 0 Å². The lowest BCUT2D eigenvalue weighted by Gasteiger charge is -2.12. The van der Waals surface area contributed by atoms with Crippen LogP contribution in [0.1, 0.15) is 17.0 Å². The first-order valence-electron chi connectivity index (χ1n) is 11.0. The number of benzene rings is 3. The largest absolute Gasteiger partial charge is 0.497 e. The fraction of sp³-hybridized carbons (Fsp3) is 0.192. The lowest BCUT2D eigenvalue weighted by molar-refractivity contribution is -0.113. The van der Waals surface area contributed by atoms with Crippen LogP contribution in [0.5, 0.6) is 5.75 Å². The highest BCUT2D eigenvalue weighted by molar-refractivity contribution is 7.99. The number of nitrogens with zero attached hydrogens (tertiary/aromatic N) is 3. The zero-order valence-corrected chi connectivity index (χ0v) is 20.5. The molecule has 0 fully saturated rings. The first-order chi connectivity index (χ1) is 16.9. The Morgan fingerprint density at radius 1 is 1.03 bits per heavy atom. The maximum Gasteiger partial charge on any atom is 0.234 e. The molecule has 0 aliphatic carbocycles. The van der Waals surface area contributed by atoms with Crippen molar-refractivity contribution in [1.82, 2.24) is 14.8 Å². The number of carbonyl (C=O) groups excluding carboxylic acids is 1. The number of aryl methyl sites for hydroxylation is 2. The molecule has 0 radical (unpaired) electrons. The molecule has 0 unspecified atom stereocenters. The van der Waals surface area contributed by atoms with Crippen molar-refractivity contribution in [2.24, 2.45) is 0 Å². The van der Waals surface area contributed by atoms with E-state index in [-0.39, 0.29) is 17.5 Å². The van der Waals surface area contributed by atoms with Crippen molar-refractivity contribution < 1.29 is 13.9 Å². The van der Waals surface area contributed by atoms with Gasteiger partial charge < -0.3 is 15.4 Å². The zero-order valence-electron chi connectivity index (χ0n) is 19.7. The number of anilines is 2. The third-order valence-electron chi connectivity index (χ3n) is 5.31. The van der Waals surface area contributed by atoms with E-state index in [0.717, 1.165) is 33.9 Å². The van der Waals surface area contributed by atoms with Gasteiger partial charge in [-0.2, -0.15) is 0 Å². The Bertz CT molecular complexity index is 1310. The highest BCUT2D eigenvalue weighted by Gasteiger charge is 2.16. The molecule has 0 bridgehead atoms. The molecular formula is C26H26FN5O2S. The molecule has 9 heteroatoms. The molecule has 35 heavy (non-hydrogen) atoms. The zero-order chi connectivity index (χ0) is 24.8. The molecule has 0 aliphatic rings. The van der Waals surface area contributed by atoms with Gasteiger partial charge in [-0.3, -0.25) is 9.36 Å². The first-order valence-corrected chi connectivity index (χ1v) is 12.0. The molecule has 0 aliphatic heterocycles. The van der Waals surface area contributed by atoms with E-state index in [2.05, 4.69) is 20.8 Å². The fourth-order valence-corrected chi connectivity index (χ4v) is 4.29. The molecule has 0 spiro atoms. The molecule has 1 amide bonds. The quantitative estimate of drug-likeness (QED) is 0.306. The predicted molar refractivity (Wildman–Crippen MR) is 137 cm³/mol. The van der Waals surface area contributed by atoms with Crippen LogP contribution >= 0.6 is 11.8 Å². The highest BCUT2D eigenvalue weighted by Crippen LogP contribution is 2.25. The second kappa shape index (κ2) is 11.1. The molecule has 180 valence electrons. The van der Waals surface area contributed by atoms with Gasteiger partial charge in [-0.25, -0.2) is 4.39 Å². The van der Waals surface area contributed by atoms with E-state index < -0.39 is 0 Å². The molecule has 7 nitrogen and oxygen atoms in total. The van der Waals surface area contributed by atoms with Crippen molar-refractivity contribution in [1.29, 1.82) is 0 Å². The van der Waals surface area contributed by atoms with Gasteiger partial charge in [0.1, 0.15) is 11.6 Å². The van der Waals surface area contributed by atoms with Gasteiger partial charge in [0.25, 0.3) is 0 Å². The number of thioether (sulfide) groups is 1. The number of ether oxygens (including phenoxy) is 1. The minimum atomic E-state index is -0.297. The second-order valence-corrected chi connectivity index (χ2v) is 8.89. The van der Waals surface area contributed by atoms with E-state index in [1.807, 2.05) is 60.9 Å². The minimum absolute atomic E-state index is 0.128. The van der Waals surface area contributed by atoms with E-state index in [4.69, 9.17) is 4.74 Å². The summed E-state index contributed by atoms with van der Waals surface area (Å²) < 4.78 is 20.4. The van der Waals surface area contributed by atoms with Gasteiger partial charge in [-0.15, -0.1) is 10.2 Å². The molecule has 4 rings (SSSR count). The van der Waals surface area contributed by atoms with Crippen LogP contribution in [-0.4, -0.2) is 33.5 Å². The number of amides is 1. The number of hydrogen-bond donors (Lipinski definition) is 2. The minimum Gasteiger partial charge on any atom is -0.497 e. The molecule has 2 N–H and O–H groups in total. The molecule has 0 atom stereocenters. The Hall–Kier alpha value is -3.85. The second-order valence-electron chi connectivity index (χ2n) is 7.95. The molecule has 1 aromatic heterocycles. The van der Waals surface area contributed by atoms with Crippen molar-refractivity contribution >= 4 is 29.0 Å². The van der Waals surface area contributed by atoms with Crippen LogP contribution in [0.15, 0.2) is 71.9 Å². The van der Waals surface area contributed by atoms with Crippen LogP contribution in [0.2, 0.25) is 0 Å². The number of halogens is 1. The number of aromatic nitrogens is 3. The SMILES string of the molecule is COc1ccc(-n2c(CNc3ccc(F)cc3)nnc2SCC(=O)Nc2ccc(C)cc2C)cc1. The maximum absolute atomic E-state index is 13.2. The average Bonchev–Trinajstić information content (AvgIpc) is 3.27. The Labute approximate surface area is 207 Å². The Morgan fingerprint density at radius 2 is 1.77 bits per heavy atom. The summed E-state index contributed by atoms with van der Waals surface area (Å²) in [5.41, 5.74) is 4.55. The monoisotopic (exact) mass is 491 g/mol. The predicted octanol–water partition coefficient (Wildman–Crippen LogP) is 5.37. The van der Waals surface area contributed by atoms with E-state index in [1.165, 1.54) is 23.9 Å². The summed E-state index contributed by atoms with van der Waals surface area (Å²) >= 11 is 1.30. The van der Waals surface area contributed by atoms with Crippen molar-refractivity contribution in [3.63, 3.8) is 0 Å². The number of rotatable bonds is 9. The summed E-state index contributed by atoms with van der Waals surface area (Å²) in [6.45, 7) is 4.35. The van der Waals surface area contributed by atoms with Gasteiger partial charge in [0, 0.05) is 17.1 Å². The van der Waals surface area contributed by atoms with Gasteiger partial charge in [0.05, 0.1) is 19.4 Å². The lowest BCUT2D eigenvalue weighted by Crippen LogP contribution is -2.15. The lowest BCUT2D eigenvalue weighted by atomic mass is 10.1. The number of carbonyl (C=O) groups is 1. The van der Waals surface area contributed by atoms with E-state index >= 15 is 0 Å². The normalized spacial score (nSPS) is 10.7. The molecule has 1 heterocycles.